The van der Waals surface area contributed by atoms with Gasteiger partial charge in [-0.3, -0.25) is 19.9 Å². The molecule has 9 nitrogen and oxygen atoms in total. The van der Waals surface area contributed by atoms with E-state index in [9.17, 15) is 4.79 Å². The Balaban J connectivity index is 1.26. The minimum absolute atomic E-state index is 0.0583. The van der Waals surface area contributed by atoms with Gasteiger partial charge in [-0.2, -0.15) is 5.10 Å². The molecule has 0 bridgehead atoms. The summed E-state index contributed by atoms with van der Waals surface area (Å²) in [6.07, 6.45) is 13.4. The molecule has 0 radical (unpaired) electrons. The predicted octanol–water partition coefficient (Wildman–Crippen LogP) is 5.56. The van der Waals surface area contributed by atoms with E-state index in [2.05, 4.69) is 41.5 Å². The van der Waals surface area contributed by atoms with Gasteiger partial charge >= 0.3 is 0 Å². The number of aromatic amines is 2. The van der Waals surface area contributed by atoms with Crippen molar-refractivity contribution < 1.29 is 9.21 Å². The number of furan rings is 1. The Hall–Kier alpha value is -4.79. The number of anilines is 1. The fourth-order valence-corrected chi connectivity index (χ4v) is 4.67. The zero-order valence-corrected chi connectivity index (χ0v) is 19.2. The molecule has 6 heterocycles. The molecule has 1 aliphatic carbocycles. The van der Waals surface area contributed by atoms with Crippen LogP contribution in [0.15, 0.2) is 72.1 Å². The molecule has 0 spiro atoms. The highest BCUT2D eigenvalue weighted by Gasteiger charge is 2.25. The summed E-state index contributed by atoms with van der Waals surface area (Å²) < 4.78 is 5.28. The Morgan fingerprint density at radius 3 is 2.81 bits per heavy atom. The lowest BCUT2D eigenvalue weighted by Crippen LogP contribution is -2.28. The second-order valence-electron chi connectivity index (χ2n) is 9.08. The number of fused-ring (bicyclic) bond motifs is 2. The van der Waals surface area contributed by atoms with Gasteiger partial charge in [0.15, 0.2) is 0 Å². The number of hydrogen-bond acceptors (Lipinski definition) is 6. The molecule has 1 fully saturated rings. The van der Waals surface area contributed by atoms with Crippen molar-refractivity contribution >= 4 is 33.5 Å². The molecule has 0 aliphatic heterocycles. The van der Waals surface area contributed by atoms with Gasteiger partial charge in [-0.15, -0.1) is 0 Å². The molecular weight excluding hydrogens is 454 g/mol. The lowest BCUT2D eigenvalue weighted by atomic mass is 9.85. The number of pyridine rings is 3. The van der Waals surface area contributed by atoms with Crippen LogP contribution in [-0.4, -0.2) is 36.0 Å². The quantitative estimate of drug-likeness (QED) is 0.300. The second-order valence-corrected chi connectivity index (χ2v) is 9.08. The van der Waals surface area contributed by atoms with Gasteiger partial charge in [-0.05, 0) is 48.7 Å². The molecule has 1 saturated carbocycles. The third kappa shape index (κ3) is 3.44. The third-order valence-corrected chi connectivity index (χ3v) is 6.84. The molecular formula is C27H21N7O2. The van der Waals surface area contributed by atoms with Crippen LogP contribution in [0, 0.1) is 5.92 Å². The SMILES string of the molecule is O=C(Nc1cncc(-c2cc3c(-c4cc5c(-c6ccoc6)ccnc5[nH]4)n[nH]c3cn2)c1)C1CCC1. The zero-order valence-electron chi connectivity index (χ0n) is 19.2. The molecule has 6 aromatic heterocycles. The lowest BCUT2D eigenvalue weighted by molar-refractivity contribution is -0.122. The molecule has 9 heteroatoms. The van der Waals surface area contributed by atoms with E-state index < -0.39 is 0 Å². The lowest BCUT2D eigenvalue weighted by Gasteiger charge is -2.24. The van der Waals surface area contributed by atoms with Crippen LogP contribution < -0.4 is 5.32 Å². The first-order valence-electron chi connectivity index (χ1n) is 11.8. The second kappa shape index (κ2) is 8.16. The van der Waals surface area contributed by atoms with E-state index in [0.717, 1.165) is 75.0 Å². The standard InChI is InChI=1S/C27H21N7O2/c35-27(15-2-1-3-15)31-18-8-17(11-28-12-18)22-10-21-24(13-30-22)33-34-25(21)23-9-20-19(16-5-7-36-14-16)4-6-29-26(20)32-23/h4-15H,1-3H2,(H,29,32)(H,31,35)(H,33,34). The number of amides is 1. The van der Waals surface area contributed by atoms with Gasteiger partial charge in [-0.1, -0.05) is 6.42 Å². The summed E-state index contributed by atoms with van der Waals surface area (Å²) in [6.45, 7) is 0. The summed E-state index contributed by atoms with van der Waals surface area (Å²) in [5.41, 5.74) is 7.46. The summed E-state index contributed by atoms with van der Waals surface area (Å²) in [6, 6.07) is 9.85. The van der Waals surface area contributed by atoms with Gasteiger partial charge < -0.3 is 14.7 Å². The Morgan fingerprint density at radius 1 is 1.03 bits per heavy atom. The fourth-order valence-electron chi connectivity index (χ4n) is 4.67. The van der Waals surface area contributed by atoms with Crippen LogP contribution in [0.25, 0.3) is 55.7 Å². The van der Waals surface area contributed by atoms with E-state index in [-0.39, 0.29) is 11.8 Å². The molecule has 0 unspecified atom stereocenters. The van der Waals surface area contributed by atoms with Crippen LogP contribution in [0.5, 0.6) is 0 Å². The van der Waals surface area contributed by atoms with Crippen LogP contribution in [0.4, 0.5) is 5.69 Å². The number of aromatic nitrogens is 6. The predicted molar refractivity (Wildman–Crippen MR) is 136 cm³/mol. The summed E-state index contributed by atoms with van der Waals surface area (Å²) in [5, 5.41) is 12.5. The maximum absolute atomic E-state index is 12.4. The van der Waals surface area contributed by atoms with Gasteiger partial charge in [-0.25, -0.2) is 4.98 Å². The van der Waals surface area contributed by atoms with Crippen molar-refractivity contribution in [2.45, 2.75) is 19.3 Å². The van der Waals surface area contributed by atoms with Gasteiger partial charge in [0.25, 0.3) is 0 Å². The number of rotatable bonds is 5. The molecule has 176 valence electrons. The van der Waals surface area contributed by atoms with E-state index >= 15 is 0 Å². The van der Waals surface area contributed by atoms with Gasteiger partial charge in [0, 0.05) is 40.2 Å². The van der Waals surface area contributed by atoms with Crippen LogP contribution in [0.3, 0.4) is 0 Å². The average molecular weight is 476 g/mol. The highest BCUT2D eigenvalue weighted by atomic mass is 16.3. The minimum Gasteiger partial charge on any atom is -0.472 e. The highest BCUT2D eigenvalue weighted by molar-refractivity contribution is 6.00. The van der Waals surface area contributed by atoms with Crippen molar-refractivity contribution in [2.75, 3.05) is 5.32 Å². The van der Waals surface area contributed by atoms with Gasteiger partial charge in [0.1, 0.15) is 11.3 Å². The summed E-state index contributed by atoms with van der Waals surface area (Å²) in [4.78, 5) is 29.2. The number of H-pyrrole nitrogens is 2. The van der Waals surface area contributed by atoms with Gasteiger partial charge in [0.2, 0.25) is 5.91 Å². The first kappa shape index (κ1) is 20.6. The Kier molecular flexibility index (Phi) is 4.66. The summed E-state index contributed by atoms with van der Waals surface area (Å²) in [7, 11) is 0. The van der Waals surface area contributed by atoms with Crippen molar-refractivity contribution in [1.29, 1.82) is 0 Å². The highest BCUT2D eigenvalue weighted by Crippen LogP contribution is 2.34. The maximum atomic E-state index is 12.4. The zero-order chi connectivity index (χ0) is 24.1. The minimum atomic E-state index is 0.0583. The molecule has 1 aliphatic rings. The van der Waals surface area contributed by atoms with Crippen molar-refractivity contribution in [1.82, 2.24) is 30.1 Å². The summed E-state index contributed by atoms with van der Waals surface area (Å²) >= 11 is 0. The number of carbonyl (C=O) groups is 1. The van der Waals surface area contributed by atoms with Crippen molar-refractivity contribution in [2.24, 2.45) is 5.92 Å². The van der Waals surface area contributed by atoms with Crippen molar-refractivity contribution in [3.63, 3.8) is 0 Å². The smallest absolute Gasteiger partial charge is 0.227 e. The van der Waals surface area contributed by atoms with E-state index in [4.69, 9.17) is 4.42 Å². The molecule has 6 aromatic rings. The molecule has 3 N–H and O–H groups in total. The van der Waals surface area contributed by atoms with Crippen molar-refractivity contribution in [3.05, 3.63) is 67.6 Å². The Bertz CT molecular complexity index is 1730. The molecule has 7 rings (SSSR count). The van der Waals surface area contributed by atoms with E-state index in [0.29, 0.717) is 5.69 Å². The van der Waals surface area contributed by atoms with E-state index in [1.807, 2.05) is 24.3 Å². The van der Waals surface area contributed by atoms with E-state index in [1.54, 1.807) is 37.3 Å². The van der Waals surface area contributed by atoms with Crippen LogP contribution in [0.2, 0.25) is 0 Å². The molecule has 0 atom stereocenters. The Labute approximate surface area is 205 Å². The topological polar surface area (TPSA) is 125 Å². The number of carbonyl (C=O) groups excluding carboxylic acids is 1. The molecule has 1 amide bonds. The van der Waals surface area contributed by atoms with Crippen LogP contribution >= 0.6 is 0 Å². The normalized spacial score (nSPS) is 13.8. The molecule has 0 saturated heterocycles. The molecule has 0 aromatic carbocycles. The largest absolute Gasteiger partial charge is 0.472 e. The first-order valence-corrected chi connectivity index (χ1v) is 11.8. The number of nitrogens with one attached hydrogen (secondary N) is 3. The number of hydrogen-bond donors (Lipinski definition) is 3. The maximum Gasteiger partial charge on any atom is 0.227 e. The van der Waals surface area contributed by atoms with Crippen LogP contribution in [-0.2, 0) is 4.79 Å². The fraction of sp³-hybridized carbons (Fsp3) is 0.148. The van der Waals surface area contributed by atoms with Gasteiger partial charge in [0.05, 0.1) is 47.5 Å². The number of nitrogens with zero attached hydrogens (tertiary/aromatic N) is 4. The Morgan fingerprint density at radius 2 is 1.97 bits per heavy atom. The summed E-state index contributed by atoms with van der Waals surface area (Å²) in [5.74, 6) is 0.166. The van der Waals surface area contributed by atoms with Crippen molar-refractivity contribution in [3.8, 4) is 33.8 Å². The third-order valence-electron chi connectivity index (χ3n) is 6.84. The molecule has 36 heavy (non-hydrogen) atoms. The monoisotopic (exact) mass is 475 g/mol. The first-order chi connectivity index (χ1) is 17.7. The van der Waals surface area contributed by atoms with E-state index in [1.165, 1.54) is 0 Å². The average Bonchev–Trinajstić information content (AvgIpc) is 3.61. The van der Waals surface area contributed by atoms with Crippen LogP contribution in [0.1, 0.15) is 19.3 Å².